The first-order valence-electron chi connectivity index (χ1n) is 38.7. The molecule has 0 aliphatic carbocycles. The van der Waals surface area contributed by atoms with Crippen molar-refractivity contribution in [2.75, 3.05) is 74.0 Å². The number of β-amino-alcohol motifs (C(OH)–C–C–N with tert-alkyl or cyclic N) is 3. The molecule has 5 aromatic heterocycles. The second kappa shape index (κ2) is 38.5. The molecule has 2 bridgehead atoms. The molecular formula is C77H108N16O21. The monoisotopic (exact) mass is 1590 g/mol. The third-order valence-corrected chi connectivity index (χ3v) is 22.6. The number of aliphatic hydroxyl groups excluding tert-OH is 3. The number of carbonyl (C=O) groups excluding carboxylic acids is 12. The summed E-state index contributed by atoms with van der Waals surface area (Å²) in [5.74, 6) is -4.30. The van der Waals surface area contributed by atoms with E-state index in [4.69, 9.17) is 28.4 Å². The fourth-order valence-electron chi connectivity index (χ4n) is 15.4. The van der Waals surface area contributed by atoms with Gasteiger partial charge in [-0.15, -0.1) is 0 Å². The summed E-state index contributed by atoms with van der Waals surface area (Å²) in [6, 6.07) is -0.825. The van der Waals surface area contributed by atoms with E-state index in [2.05, 4.69) is 57.2 Å². The van der Waals surface area contributed by atoms with Gasteiger partial charge < -0.3 is 111 Å². The van der Waals surface area contributed by atoms with Crippen LogP contribution in [0.15, 0.2) is 55.4 Å². The van der Waals surface area contributed by atoms with Crippen LogP contribution in [0.3, 0.4) is 0 Å². The molecule has 19 atom stereocenters. The molecule has 4 unspecified atom stereocenters. The minimum absolute atomic E-state index is 0.113. The molecule has 8 aliphatic heterocycles. The van der Waals surface area contributed by atoms with Crippen LogP contribution in [0.2, 0.25) is 0 Å². The normalized spacial score (nSPS) is 24.9. The zero-order valence-corrected chi connectivity index (χ0v) is 66.3. The van der Waals surface area contributed by atoms with Crippen LogP contribution >= 0.6 is 0 Å². The van der Waals surface area contributed by atoms with Gasteiger partial charge in [0.25, 0.3) is 17.7 Å². The number of hydrogen-bond donors (Lipinski definition) is 12. The number of ether oxygens (including phenoxy) is 6. The Morgan fingerprint density at radius 2 is 1.04 bits per heavy atom. The number of anilines is 1. The summed E-state index contributed by atoms with van der Waals surface area (Å²) in [5.41, 5.74) is 4.17. The standard InChI is InChI=1S/C26H36N6O7.C26H35N5O7.C25H37N5O7/c1-13(27-3)24(35)31-22(14(2)38-4)26(37)32-12-17(33)10-16(32)9-15-11-29-23-21(15)18(7-8-28-23)30-25(36)19-5-6-20(34)39-19;1-14(27-3)24(34)29-22(15(2)37-4)26(36)30-13-18(32)11-17(30)10-16-12-31(23-19(16)6-5-9-28-23)25(35)20-7-8-21(33)38-20;1-13(26-3)22(32)28-21(14(2)36-4)24(34)29-11-17(31)8-16(29)7-15-9-27-10-19(15)23(33)30-12-18-5-6-20(30)25(35)37-18/h7-8,11,13-14,16-17,19,22,27,33H,5-6,9-10,12H2,1-4H3,(H,31,35)(H2,28,29,30,36);5-6,9,12,14-15,17-18,20,22,27,32H,7-8,10-11,13H2,1-4H3,(H,29,34);9-10,13-14,16-18,20-21,26-27,31H,5-8,11-12H2,1-4H3,(H,28,32)/t13-,14+,16+,17-,19?,22-;14-,15+,17+,18-,20?,22-;13-,14+,16+,17-,18?,20?,21-/m000/s1. The number of nitrogens with one attached hydrogen (secondary N) is 9. The summed E-state index contributed by atoms with van der Waals surface area (Å²) in [7, 11) is 9.36. The Kier molecular flexibility index (Phi) is 29.2. The zero-order valence-electron chi connectivity index (χ0n) is 66.3. The number of nitrogens with zero attached hydrogens (tertiary/aromatic N) is 7. The van der Waals surface area contributed by atoms with E-state index in [9.17, 15) is 72.9 Å². The third kappa shape index (κ3) is 19.9. The second-order valence-corrected chi connectivity index (χ2v) is 30.2. The number of aromatic amines is 2. The number of hydrogen-bond acceptors (Lipinski definition) is 26. The third-order valence-electron chi connectivity index (χ3n) is 22.6. The van der Waals surface area contributed by atoms with E-state index in [0.29, 0.717) is 97.8 Å². The minimum atomic E-state index is -0.947. The Morgan fingerprint density at radius 3 is 1.50 bits per heavy atom. The van der Waals surface area contributed by atoms with E-state index in [1.807, 2.05) is 6.07 Å². The Hall–Kier alpha value is -9.86. The molecule has 5 aromatic rings. The van der Waals surface area contributed by atoms with Crippen molar-refractivity contribution < 1.29 is 101 Å². The number of piperidine rings is 1. The van der Waals surface area contributed by atoms with Crippen molar-refractivity contribution in [3.63, 3.8) is 0 Å². The van der Waals surface area contributed by atoms with Crippen LogP contribution in [0.4, 0.5) is 5.69 Å². The van der Waals surface area contributed by atoms with Gasteiger partial charge in [-0.05, 0) is 149 Å². The Balaban J connectivity index is 0.000000181. The molecule has 0 radical (unpaired) electrons. The lowest BCUT2D eigenvalue weighted by Gasteiger charge is -2.43. The predicted octanol–water partition coefficient (Wildman–Crippen LogP) is -0.971. The number of likely N-dealkylation sites (N-methyl/N-ethyl adjacent to an activating group) is 3. The van der Waals surface area contributed by atoms with E-state index < -0.39 is 115 Å². The highest BCUT2D eigenvalue weighted by atomic mass is 16.6. The van der Waals surface area contributed by atoms with Gasteiger partial charge in [-0.3, -0.25) is 57.3 Å². The quantitative estimate of drug-likeness (QED) is 0.0212. The van der Waals surface area contributed by atoms with Gasteiger partial charge in [-0.1, -0.05) is 0 Å². The first kappa shape index (κ1) is 86.5. The lowest BCUT2D eigenvalue weighted by molar-refractivity contribution is -0.172. The molecule has 8 aliphatic rings. The fourth-order valence-corrected chi connectivity index (χ4v) is 15.4. The van der Waals surface area contributed by atoms with E-state index in [1.165, 1.54) is 25.9 Å². The zero-order chi connectivity index (χ0) is 82.7. The molecule has 8 saturated heterocycles. The highest BCUT2D eigenvalue weighted by molar-refractivity contribution is 6.05. The van der Waals surface area contributed by atoms with Crippen LogP contribution in [-0.4, -0.2) is 315 Å². The van der Waals surface area contributed by atoms with Gasteiger partial charge in [-0.2, -0.15) is 0 Å². The number of aromatic nitrogens is 5. The summed E-state index contributed by atoms with van der Waals surface area (Å²) in [4.78, 5) is 174. The number of carbonyl (C=O) groups is 12. The number of methoxy groups -OCH3 is 3. The molecule has 0 spiro atoms. The van der Waals surface area contributed by atoms with E-state index in [-0.39, 0.29) is 104 Å². The number of fused-ring (bicyclic) bond motifs is 5. The number of morpholine rings is 1. The van der Waals surface area contributed by atoms with Crippen molar-refractivity contribution in [3.8, 4) is 0 Å². The highest BCUT2D eigenvalue weighted by Gasteiger charge is 2.48. The van der Waals surface area contributed by atoms with Crippen LogP contribution in [-0.2, 0) is 95.6 Å². The Morgan fingerprint density at radius 1 is 0.561 bits per heavy atom. The van der Waals surface area contributed by atoms with Gasteiger partial charge in [-0.25, -0.2) is 14.8 Å². The van der Waals surface area contributed by atoms with Crippen molar-refractivity contribution in [2.45, 2.75) is 234 Å². The van der Waals surface area contributed by atoms with Crippen molar-refractivity contribution in [2.24, 2.45) is 0 Å². The van der Waals surface area contributed by atoms with E-state index in [0.717, 1.165) is 22.9 Å². The van der Waals surface area contributed by atoms with Crippen molar-refractivity contribution in [3.05, 3.63) is 77.6 Å². The number of likely N-dealkylation sites (tertiary alicyclic amines) is 3. The molecule has 13 rings (SSSR count). The van der Waals surface area contributed by atoms with Crippen LogP contribution in [0.5, 0.6) is 0 Å². The number of aliphatic hydroxyl groups is 3. The van der Waals surface area contributed by atoms with E-state index >= 15 is 0 Å². The van der Waals surface area contributed by atoms with Crippen molar-refractivity contribution in [1.82, 2.24) is 76.0 Å². The molecular weight excluding hydrogens is 1480 g/mol. The summed E-state index contributed by atoms with van der Waals surface area (Å²) in [6.45, 7) is 10.9. The Bertz CT molecular complexity index is 4320. The van der Waals surface area contributed by atoms with Gasteiger partial charge >= 0.3 is 17.9 Å². The fraction of sp³-hybridized carbons (Fsp3) is 0.610. The summed E-state index contributed by atoms with van der Waals surface area (Å²) in [6.07, 6.45) is 8.32. The number of rotatable bonds is 28. The average Bonchev–Trinajstić information content (AvgIpc) is 1.29. The highest BCUT2D eigenvalue weighted by Crippen LogP contribution is 2.35. The van der Waals surface area contributed by atoms with Crippen LogP contribution in [0.25, 0.3) is 22.1 Å². The molecule has 37 nitrogen and oxygen atoms in total. The van der Waals surface area contributed by atoms with Crippen LogP contribution in [0.1, 0.15) is 131 Å². The van der Waals surface area contributed by atoms with Gasteiger partial charge in [0.15, 0.2) is 12.2 Å². The molecule has 0 saturated carbocycles. The first-order chi connectivity index (χ1) is 54.4. The summed E-state index contributed by atoms with van der Waals surface area (Å²) in [5, 5.41) is 52.6. The maximum absolute atomic E-state index is 13.7. The first-order valence-corrected chi connectivity index (χ1v) is 38.7. The molecule has 114 heavy (non-hydrogen) atoms. The number of cyclic esters (lactones) is 2. The molecule has 37 heteroatoms. The average molecular weight is 1590 g/mol. The number of H-pyrrole nitrogens is 2. The molecule has 13 heterocycles. The SMILES string of the molecule is CN[C@@H](C)C(=O)N[C@H](C(=O)N1C[C@@H](O)C[C@H]1Cc1c[nH]c2nccc(NC(=O)C3CCC(=O)O3)c12)[C@@H](C)OC.CN[C@@H](C)C(=O)N[C@H](C(=O)N1C[C@@H](O)C[C@H]1Cc1c[nH]cc1C(=O)N1CC2CCC1C(=O)O2)[C@@H](C)OC.CN[C@@H](C)C(=O)N[C@H](C(=O)N1C[C@@H](O)C[C@H]1Cc1cn(C(=O)C2CCC(=O)O2)c2ncccc12)[C@@H](C)OC. The summed E-state index contributed by atoms with van der Waals surface area (Å²) < 4.78 is 33.2. The minimum Gasteiger partial charge on any atom is -0.459 e. The topological polar surface area (TPSA) is 480 Å². The van der Waals surface area contributed by atoms with E-state index in [1.54, 1.807) is 132 Å². The van der Waals surface area contributed by atoms with Crippen LogP contribution in [0, 0.1) is 0 Å². The second-order valence-electron chi connectivity index (χ2n) is 30.2. The predicted molar refractivity (Wildman–Crippen MR) is 408 cm³/mol. The number of esters is 3. The lowest BCUT2D eigenvalue weighted by atomic mass is 9.94. The number of amides is 8. The van der Waals surface area contributed by atoms with Gasteiger partial charge in [0.1, 0.15) is 41.6 Å². The van der Waals surface area contributed by atoms with Crippen molar-refractivity contribution in [1.29, 1.82) is 0 Å². The summed E-state index contributed by atoms with van der Waals surface area (Å²) >= 11 is 0. The van der Waals surface area contributed by atoms with Crippen molar-refractivity contribution >= 4 is 98.8 Å². The van der Waals surface area contributed by atoms with Gasteiger partial charge in [0.2, 0.25) is 35.4 Å². The maximum atomic E-state index is 13.7. The maximum Gasteiger partial charge on any atom is 0.329 e. The Labute approximate surface area is 659 Å². The van der Waals surface area contributed by atoms with Gasteiger partial charge in [0.05, 0.1) is 72.5 Å². The molecule has 12 N–H and O–H groups in total. The molecule has 8 fully saturated rings. The van der Waals surface area contributed by atoms with Crippen LogP contribution < -0.4 is 37.2 Å². The molecule has 8 amide bonds. The largest absolute Gasteiger partial charge is 0.459 e. The smallest absolute Gasteiger partial charge is 0.329 e. The van der Waals surface area contributed by atoms with Gasteiger partial charge in [0, 0.05) is 133 Å². The molecule has 622 valence electrons. The lowest BCUT2D eigenvalue weighted by Crippen LogP contribution is -2.59. The number of pyridine rings is 2. The molecule has 0 aromatic carbocycles.